The fourth-order valence-electron chi connectivity index (χ4n) is 1.45. The van der Waals surface area contributed by atoms with Gasteiger partial charge in [-0.3, -0.25) is 4.98 Å². The van der Waals surface area contributed by atoms with Crippen LogP contribution in [0.2, 0.25) is 0 Å². The maximum Gasteiger partial charge on any atom is 0.0826 e. The first-order chi connectivity index (χ1) is 7.79. The molecule has 0 amide bonds. The van der Waals surface area contributed by atoms with Gasteiger partial charge >= 0.3 is 0 Å². The normalized spacial score (nSPS) is 15.3. The molecular formula is C13H20N2O. The number of pyridine rings is 1. The van der Waals surface area contributed by atoms with E-state index in [1.54, 1.807) is 12.3 Å². The Labute approximate surface area is 97.0 Å². The Bertz CT molecular complexity index is 357. The van der Waals surface area contributed by atoms with Crippen molar-refractivity contribution >= 4 is 6.08 Å². The van der Waals surface area contributed by atoms with Crippen LogP contribution in [-0.4, -0.2) is 16.7 Å². The third kappa shape index (κ3) is 3.66. The Kier molecular flexibility index (Phi) is 4.99. The van der Waals surface area contributed by atoms with Crippen molar-refractivity contribution in [3.63, 3.8) is 0 Å². The number of nitrogens with zero attached hydrogens (tertiary/aromatic N) is 1. The summed E-state index contributed by atoms with van der Waals surface area (Å²) in [6, 6.07) is 4.09. The molecule has 3 N–H and O–H groups in total. The van der Waals surface area contributed by atoms with E-state index in [0.717, 1.165) is 11.6 Å². The Morgan fingerprint density at radius 1 is 1.56 bits per heavy atom. The summed E-state index contributed by atoms with van der Waals surface area (Å²) in [5.74, 6) is 0.723. The zero-order valence-corrected chi connectivity index (χ0v) is 9.98. The van der Waals surface area contributed by atoms with Gasteiger partial charge in [-0.15, -0.1) is 0 Å². The minimum Gasteiger partial charge on any atom is -0.400 e. The topological polar surface area (TPSA) is 59.1 Å². The van der Waals surface area contributed by atoms with Crippen LogP contribution in [-0.2, 0) is 0 Å². The quantitative estimate of drug-likeness (QED) is 0.821. The molecule has 1 aromatic rings. The van der Waals surface area contributed by atoms with Crippen LogP contribution < -0.4 is 5.73 Å². The van der Waals surface area contributed by atoms with Crippen molar-refractivity contribution in [1.82, 2.24) is 4.98 Å². The molecule has 16 heavy (non-hydrogen) atoms. The average molecular weight is 220 g/mol. The van der Waals surface area contributed by atoms with Gasteiger partial charge in [0.1, 0.15) is 0 Å². The van der Waals surface area contributed by atoms with Crippen LogP contribution >= 0.6 is 0 Å². The van der Waals surface area contributed by atoms with Crippen LogP contribution in [0.5, 0.6) is 0 Å². The van der Waals surface area contributed by atoms with Crippen molar-refractivity contribution < 1.29 is 5.11 Å². The van der Waals surface area contributed by atoms with E-state index in [-0.39, 0.29) is 6.61 Å². The highest BCUT2D eigenvalue weighted by Gasteiger charge is 2.23. The van der Waals surface area contributed by atoms with Gasteiger partial charge in [-0.05, 0) is 42.5 Å². The number of nitrogens with two attached hydrogens (primary N) is 1. The maximum absolute atomic E-state index is 8.77. The lowest BCUT2D eigenvalue weighted by molar-refractivity contribution is 0.331. The first kappa shape index (κ1) is 12.7. The van der Waals surface area contributed by atoms with Gasteiger partial charge in [0.25, 0.3) is 0 Å². The number of aromatic nitrogens is 1. The maximum atomic E-state index is 8.77. The summed E-state index contributed by atoms with van der Waals surface area (Å²) in [5.41, 5.74) is 8.13. The van der Waals surface area contributed by atoms with Crippen molar-refractivity contribution in [2.24, 2.45) is 5.73 Å². The second-order valence-electron chi connectivity index (χ2n) is 3.67. The van der Waals surface area contributed by atoms with Crippen LogP contribution in [0.15, 0.2) is 24.0 Å². The molecular weight excluding hydrogens is 200 g/mol. The largest absolute Gasteiger partial charge is 0.400 e. The standard InChI is InChI=1S/C11H14N2O.C2H6/c12-10(7-14)6-11-5-9(3-4-13-11)8-1-2-8;1-2/h3-6,8,14H,1-2,7,12H2;1-2H3/b10-6-;. The average Bonchev–Trinajstić information content (AvgIpc) is 3.16. The van der Waals surface area contributed by atoms with E-state index in [1.807, 2.05) is 26.0 Å². The van der Waals surface area contributed by atoms with E-state index < -0.39 is 0 Å². The zero-order valence-electron chi connectivity index (χ0n) is 9.98. The number of hydrogen-bond acceptors (Lipinski definition) is 3. The number of aliphatic hydroxyl groups is 1. The van der Waals surface area contributed by atoms with Crippen molar-refractivity contribution in [1.29, 1.82) is 0 Å². The van der Waals surface area contributed by atoms with Gasteiger partial charge in [0.05, 0.1) is 12.3 Å². The monoisotopic (exact) mass is 220 g/mol. The zero-order chi connectivity index (χ0) is 12.0. The number of rotatable bonds is 3. The summed E-state index contributed by atoms with van der Waals surface area (Å²) in [7, 11) is 0. The summed E-state index contributed by atoms with van der Waals surface area (Å²) in [5, 5.41) is 8.77. The van der Waals surface area contributed by atoms with Gasteiger partial charge < -0.3 is 10.8 Å². The Morgan fingerprint density at radius 3 is 2.81 bits per heavy atom. The van der Waals surface area contributed by atoms with Crippen LogP contribution in [0.1, 0.15) is 43.9 Å². The van der Waals surface area contributed by atoms with Crippen LogP contribution in [0.3, 0.4) is 0 Å². The molecule has 88 valence electrons. The highest BCUT2D eigenvalue weighted by atomic mass is 16.3. The first-order valence-electron chi connectivity index (χ1n) is 5.82. The van der Waals surface area contributed by atoms with Crippen molar-refractivity contribution in [3.8, 4) is 0 Å². The van der Waals surface area contributed by atoms with Gasteiger partial charge in [0, 0.05) is 11.9 Å². The lowest BCUT2D eigenvalue weighted by Crippen LogP contribution is -2.01. The second kappa shape index (κ2) is 6.28. The molecule has 0 unspecified atom stereocenters. The fourth-order valence-corrected chi connectivity index (χ4v) is 1.45. The van der Waals surface area contributed by atoms with Crippen molar-refractivity contribution in [2.45, 2.75) is 32.6 Å². The van der Waals surface area contributed by atoms with Crippen LogP contribution in [0, 0.1) is 0 Å². The summed E-state index contributed by atoms with van der Waals surface area (Å²) >= 11 is 0. The number of aliphatic hydroxyl groups excluding tert-OH is 1. The summed E-state index contributed by atoms with van der Waals surface area (Å²) in [4.78, 5) is 4.17. The summed E-state index contributed by atoms with van der Waals surface area (Å²) in [6.07, 6.45) is 6.07. The van der Waals surface area contributed by atoms with Gasteiger partial charge in [-0.1, -0.05) is 13.8 Å². The van der Waals surface area contributed by atoms with E-state index in [2.05, 4.69) is 4.98 Å². The smallest absolute Gasteiger partial charge is 0.0826 e. The molecule has 1 saturated carbocycles. The fraction of sp³-hybridized carbons (Fsp3) is 0.462. The SMILES string of the molecule is CC.N/C(=C\c1cc(C2CC2)ccn1)CO. The predicted molar refractivity (Wildman–Crippen MR) is 66.8 cm³/mol. The van der Waals surface area contributed by atoms with Gasteiger partial charge in [0.15, 0.2) is 0 Å². The second-order valence-corrected chi connectivity index (χ2v) is 3.67. The lowest BCUT2D eigenvalue weighted by Gasteiger charge is -2.00. The first-order valence-corrected chi connectivity index (χ1v) is 5.82. The number of hydrogen-bond donors (Lipinski definition) is 2. The summed E-state index contributed by atoms with van der Waals surface area (Å²) < 4.78 is 0. The van der Waals surface area contributed by atoms with E-state index in [1.165, 1.54) is 18.4 Å². The Hall–Kier alpha value is -1.35. The Morgan fingerprint density at radius 2 is 2.25 bits per heavy atom. The Balaban J connectivity index is 0.000000606. The van der Waals surface area contributed by atoms with Gasteiger partial charge in [-0.2, -0.15) is 0 Å². The highest BCUT2D eigenvalue weighted by molar-refractivity contribution is 5.49. The molecule has 3 nitrogen and oxygen atoms in total. The molecule has 2 rings (SSSR count). The molecule has 0 radical (unpaired) electrons. The van der Waals surface area contributed by atoms with E-state index in [9.17, 15) is 0 Å². The molecule has 1 aromatic heterocycles. The molecule has 0 atom stereocenters. The van der Waals surface area contributed by atoms with Gasteiger partial charge in [-0.25, -0.2) is 0 Å². The molecule has 0 saturated heterocycles. The molecule has 1 fully saturated rings. The molecule has 0 aliphatic heterocycles. The lowest BCUT2D eigenvalue weighted by atomic mass is 10.1. The van der Waals surface area contributed by atoms with E-state index >= 15 is 0 Å². The van der Waals surface area contributed by atoms with Crippen LogP contribution in [0.25, 0.3) is 6.08 Å². The third-order valence-corrected chi connectivity index (χ3v) is 2.37. The molecule has 1 aliphatic carbocycles. The molecule has 0 aromatic carbocycles. The molecule has 0 bridgehead atoms. The predicted octanol–water partition coefficient (Wildman–Crippen LogP) is 2.28. The third-order valence-electron chi connectivity index (χ3n) is 2.37. The minimum absolute atomic E-state index is 0.116. The minimum atomic E-state index is -0.116. The molecule has 1 heterocycles. The molecule has 0 spiro atoms. The van der Waals surface area contributed by atoms with Crippen molar-refractivity contribution in [2.75, 3.05) is 6.61 Å². The van der Waals surface area contributed by atoms with Crippen LogP contribution in [0.4, 0.5) is 0 Å². The highest BCUT2D eigenvalue weighted by Crippen LogP contribution is 2.39. The summed E-state index contributed by atoms with van der Waals surface area (Å²) in [6.45, 7) is 3.88. The van der Waals surface area contributed by atoms with E-state index in [4.69, 9.17) is 10.8 Å². The molecule has 3 heteroatoms. The van der Waals surface area contributed by atoms with Crippen molar-refractivity contribution in [3.05, 3.63) is 35.3 Å². The molecule has 1 aliphatic rings. The van der Waals surface area contributed by atoms with Gasteiger partial charge in [0.2, 0.25) is 0 Å². The van der Waals surface area contributed by atoms with E-state index in [0.29, 0.717) is 5.70 Å².